The highest BCUT2D eigenvalue weighted by Gasteiger charge is 2.73. The van der Waals surface area contributed by atoms with Crippen LogP contribution in [0.4, 0.5) is 0 Å². The van der Waals surface area contributed by atoms with E-state index in [2.05, 4.69) is 35.2 Å². The molecule has 2 aliphatic carbocycles. The number of ketones is 1. The van der Waals surface area contributed by atoms with Gasteiger partial charge >= 0.3 is 0 Å². The van der Waals surface area contributed by atoms with Gasteiger partial charge in [0.25, 0.3) is 0 Å². The predicted molar refractivity (Wildman–Crippen MR) is 112 cm³/mol. The number of likely N-dealkylation sites (tertiary alicyclic amines) is 1. The molecule has 5 heteroatoms. The van der Waals surface area contributed by atoms with Crippen molar-refractivity contribution in [3.05, 3.63) is 59.2 Å². The van der Waals surface area contributed by atoms with Crippen molar-refractivity contribution >= 4 is 5.78 Å². The highest BCUT2D eigenvalue weighted by molar-refractivity contribution is 5.90. The largest absolute Gasteiger partial charge is 0.504 e. The average Bonchev–Trinajstić information content (AvgIpc) is 3.13. The lowest BCUT2D eigenvalue weighted by Crippen LogP contribution is -2.77. The summed E-state index contributed by atoms with van der Waals surface area (Å²) in [6, 6.07) is 14.5. The molecule has 2 bridgehead atoms. The summed E-state index contributed by atoms with van der Waals surface area (Å²) >= 11 is 0. The van der Waals surface area contributed by atoms with Crippen molar-refractivity contribution in [3.63, 3.8) is 0 Å². The fourth-order valence-electron chi connectivity index (χ4n) is 6.99. The van der Waals surface area contributed by atoms with Gasteiger partial charge in [0.05, 0.1) is 11.0 Å². The first kappa shape index (κ1) is 18.4. The topological polar surface area (TPSA) is 59.0 Å². The normalized spacial score (nSPS) is 33.8. The summed E-state index contributed by atoms with van der Waals surface area (Å²) in [5.41, 5.74) is 2.62. The van der Waals surface area contributed by atoms with E-state index in [-0.39, 0.29) is 17.6 Å². The predicted octanol–water partition coefficient (Wildman–Crippen LogP) is 3.01. The number of ether oxygens (including phenoxy) is 2. The number of carbonyl (C=O) groups excluding carboxylic acids is 1. The Morgan fingerprint density at radius 1 is 1.20 bits per heavy atom. The summed E-state index contributed by atoms with van der Waals surface area (Å²) in [7, 11) is 1.80. The van der Waals surface area contributed by atoms with Crippen LogP contribution in [0.15, 0.2) is 42.5 Å². The molecule has 0 amide bonds. The zero-order chi connectivity index (χ0) is 20.5. The van der Waals surface area contributed by atoms with E-state index in [0.29, 0.717) is 18.6 Å². The third-order valence-corrected chi connectivity index (χ3v) is 8.22. The molecule has 2 fully saturated rings. The molecule has 4 atom stereocenters. The maximum absolute atomic E-state index is 13.0. The summed E-state index contributed by atoms with van der Waals surface area (Å²) in [6.45, 7) is 1.87. The highest BCUT2D eigenvalue weighted by Crippen LogP contribution is 2.65. The van der Waals surface area contributed by atoms with Gasteiger partial charge in [0.1, 0.15) is 0 Å². The van der Waals surface area contributed by atoms with Crippen LogP contribution in [0.1, 0.15) is 36.0 Å². The van der Waals surface area contributed by atoms with Crippen molar-refractivity contribution in [1.29, 1.82) is 0 Å². The quantitative estimate of drug-likeness (QED) is 0.847. The Hall–Kier alpha value is -2.37. The van der Waals surface area contributed by atoms with Gasteiger partial charge in [0.2, 0.25) is 0 Å². The Morgan fingerprint density at radius 3 is 2.83 bits per heavy atom. The van der Waals surface area contributed by atoms with Gasteiger partial charge in [0.15, 0.2) is 23.4 Å². The van der Waals surface area contributed by atoms with E-state index in [4.69, 9.17) is 9.47 Å². The second kappa shape index (κ2) is 6.32. The van der Waals surface area contributed by atoms with E-state index in [0.717, 1.165) is 37.9 Å². The molecule has 5 nitrogen and oxygen atoms in total. The number of piperidine rings is 1. The minimum Gasteiger partial charge on any atom is -0.504 e. The number of hydrogen-bond donors (Lipinski definition) is 1. The highest BCUT2D eigenvalue weighted by atomic mass is 16.5. The molecule has 1 saturated carbocycles. The first-order valence-electron chi connectivity index (χ1n) is 11.0. The minimum atomic E-state index is -0.549. The standard InChI is InChI=1S/C25H27NO4/c1-29-25-11-9-19(28)23-24(25)12-14-26(13-10-16-5-3-2-4-6-16)20(25)15-17-7-8-18(27)22(30-23)21(17)24/h2-8,20,23,27H,9-15H2,1H3/t20-,23?,24+,25-/m1/s1. The number of phenolic OH excluding ortho intramolecular Hbond substituents is 1. The van der Waals surface area contributed by atoms with Gasteiger partial charge in [0, 0.05) is 31.7 Å². The number of Topliss-reactive ketones (excluding diaryl/α,β-unsaturated/α-hetero) is 1. The molecule has 2 aliphatic heterocycles. The Balaban J connectivity index is 1.45. The fourth-order valence-corrected chi connectivity index (χ4v) is 6.99. The van der Waals surface area contributed by atoms with Gasteiger partial charge in [-0.3, -0.25) is 9.69 Å². The molecule has 1 saturated heterocycles. The van der Waals surface area contributed by atoms with Crippen LogP contribution >= 0.6 is 0 Å². The molecule has 1 spiro atoms. The number of hydrogen-bond acceptors (Lipinski definition) is 5. The lowest BCUT2D eigenvalue weighted by Gasteiger charge is -2.64. The average molecular weight is 405 g/mol. The van der Waals surface area contributed by atoms with Crippen LogP contribution in [0.2, 0.25) is 0 Å². The SMILES string of the molecule is CO[C@@]12CCC(=O)C3Oc4c(O)ccc5c4[C@@]31CCN(CCc1ccccc1)[C@@H]2C5. The van der Waals surface area contributed by atoms with E-state index >= 15 is 0 Å². The monoisotopic (exact) mass is 405 g/mol. The van der Waals surface area contributed by atoms with Crippen LogP contribution in [-0.2, 0) is 27.8 Å². The zero-order valence-corrected chi connectivity index (χ0v) is 17.3. The summed E-state index contributed by atoms with van der Waals surface area (Å²) in [5.74, 6) is 0.799. The maximum atomic E-state index is 13.0. The lowest BCUT2D eigenvalue weighted by atomic mass is 9.49. The summed E-state index contributed by atoms with van der Waals surface area (Å²) in [4.78, 5) is 15.6. The smallest absolute Gasteiger partial charge is 0.174 e. The van der Waals surface area contributed by atoms with Crippen LogP contribution < -0.4 is 4.74 Å². The van der Waals surface area contributed by atoms with Crippen LogP contribution in [0, 0.1) is 0 Å². The first-order chi connectivity index (χ1) is 14.6. The van der Waals surface area contributed by atoms with Crippen molar-refractivity contribution < 1.29 is 19.4 Å². The molecule has 1 N–H and O–H groups in total. The number of benzene rings is 2. The number of methoxy groups -OCH3 is 1. The van der Waals surface area contributed by atoms with Crippen LogP contribution in [0.25, 0.3) is 0 Å². The van der Waals surface area contributed by atoms with Crippen molar-refractivity contribution in [2.75, 3.05) is 20.2 Å². The fraction of sp³-hybridized carbons (Fsp3) is 0.480. The Bertz CT molecular complexity index is 1020. The molecule has 30 heavy (non-hydrogen) atoms. The summed E-state index contributed by atoms with van der Waals surface area (Å²) < 4.78 is 12.6. The van der Waals surface area contributed by atoms with E-state index in [1.807, 2.05) is 6.07 Å². The molecular weight excluding hydrogens is 378 g/mol. The van der Waals surface area contributed by atoms with E-state index in [1.165, 1.54) is 11.1 Å². The Kier molecular flexibility index (Phi) is 3.87. The second-order valence-electron chi connectivity index (χ2n) is 9.22. The lowest BCUT2D eigenvalue weighted by molar-refractivity contribution is -0.201. The Labute approximate surface area is 176 Å². The number of rotatable bonds is 4. The van der Waals surface area contributed by atoms with Gasteiger partial charge in [-0.05, 0) is 49.4 Å². The molecule has 1 unspecified atom stereocenters. The molecule has 0 radical (unpaired) electrons. The number of nitrogens with zero attached hydrogens (tertiary/aromatic N) is 1. The zero-order valence-electron chi connectivity index (χ0n) is 17.3. The molecule has 2 heterocycles. The summed E-state index contributed by atoms with van der Waals surface area (Å²) in [6.07, 6.45) is 3.30. The molecule has 6 rings (SSSR count). The van der Waals surface area contributed by atoms with Crippen molar-refractivity contribution in [2.45, 2.75) is 55.3 Å². The van der Waals surface area contributed by atoms with Crippen LogP contribution in [0.3, 0.4) is 0 Å². The second-order valence-corrected chi connectivity index (χ2v) is 9.22. The third kappa shape index (κ3) is 2.12. The molecule has 0 aromatic heterocycles. The molecule has 156 valence electrons. The molecule has 4 aliphatic rings. The molecule has 2 aromatic rings. The minimum absolute atomic E-state index is 0.139. The third-order valence-electron chi connectivity index (χ3n) is 8.22. The summed E-state index contributed by atoms with van der Waals surface area (Å²) in [5, 5.41) is 10.5. The van der Waals surface area contributed by atoms with Crippen LogP contribution in [-0.4, -0.2) is 53.7 Å². The van der Waals surface area contributed by atoms with Gasteiger partial charge in [-0.15, -0.1) is 0 Å². The molecule has 2 aromatic carbocycles. The van der Waals surface area contributed by atoms with E-state index < -0.39 is 17.1 Å². The van der Waals surface area contributed by atoms with Crippen molar-refractivity contribution in [3.8, 4) is 11.5 Å². The van der Waals surface area contributed by atoms with Gasteiger partial charge in [-0.2, -0.15) is 0 Å². The van der Waals surface area contributed by atoms with Gasteiger partial charge in [-0.1, -0.05) is 36.4 Å². The van der Waals surface area contributed by atoms with E-state index in [1.54, 1.807) is 13.2 Å². The maximum Gasteiger partial charge on any atom is 0.174 e. The van der Waals surface area contributed by atoms with Crippen LogP contribution in [0.5, 0.6) is 11.5 Å². The van der Waals surface area contributed by atoms with Gasteiger partial charge in [-0.25, -0.2) is 0 Å². The Morgan fingerprint density at radius 2 is 2.03 bits per heavy atom. The first-order valence-corrected chi connectivity index (χ1v) is 11.0. The number of aromatic hydroxyl groups is 1. The molecular formula is C25H27NO4. The number of carbonyl (C=O) groups is 1. The van der Waals surface area contributed by atoms with Crippen molar-refractivity contribution in [2.24, 2.45) is 0 Å². The van der Waals surface area contributed by atoms with Gasteiger partial charge < -0.3 is 14.6 Å². The van der Waals surface area contributed by atoms with Crippen molar-refractivity contribution in [1.82, 2.24) is 4.90 Å². The van der Waals surface area contributed by atoms with E-state index in [9.17, 15) is 9.90 Å². The number of phenols is 1.